The fourth-order valence-corrected chi connectivity index (χ4v) is 3.93. The van der Waals surface area contributed by atoms with Gasteiger partial charge in [0, 0.05) is 17.5 Å². The first kappa shape index (κ1) is 20.6. The fourth-order valence-electron chi connectivity index (χ4n) is 3.09. The van der Waals surface area contributed by atoms with Crippen LogP contribution < -0.4 is 5.32 Å². The van der Waals surface area contributed by atoms with Gasteiger partial charge in [-0.05, 0) is 57.3 Å². The molecule has 2 aliphatic rings. The van der Waals surface area contributed by atoms with Crippen LogP contribution in [0.15, 0.2) is 29.3 Å². The van der Waals surface area contributed by atoms with E-state index >= 15 is 0 Å². The average Bonchev–Trinajstić information content (AvgIpc) is 3.06. The van der Waals surface area contributed by atoms with Gasteiger partial charge in [-0.2, -0.15) is 0 Å². The number of likely N-dealkylation sites (tertiary alicyclic amines) is 1. The second-order valence-corrected chi connectivity index (χ2v) is 7.07. The van der Waals surface area contributed by atoms with E-state index in [-0.39, 0.29) is 24.8 Å². The predicted molar refractivity (Wildman–Crippen MR) is 108 cm³/mol. The van der Waals surface area contributed by atoms with E-state index in [0.29, 0.717) is 0 Å². The van der Waals surface area contributed by atoms with E-state index in [1.54, 1.807) is 0 Å². The van der Waals surface area contributed by atoms with Crippen LogP contribution in [0.3, 0.4) is 0 Å². The highest BCUT2D eigenvalue weighted by atomic mass is 35.5. The van der Waals surface area contributed by atoms with Gasteiger partial charge in [-0.15, -0.1) is 24.8 Å². The number of hydrogen-bond acceptors (Lipinski definition) is 4. The molecule has 130 valence electrons. The Hall–Kier alpha value is -0.420. The average molecular weight is 376 g/mol. The zero-order chi connectivity index (χ0) is 14.5. The summed E-state index contributed by atoms with van der Waals surface area (Å²) in [6, 6.07) is 9.19. The molecule has 1 atom stereocenters. The lowest BCUT2D eigenvalue weighted by atomic mass is 10.1. The summed E-state index contributed by atoms with van der Waals surface area (Å²) < 4.78 is 0. The van der Waals surface area contributed by atoms with Gasteiger partial charge in [0.15, 0.2) is 5.17 Å². The number of aliphatic imine (C=N–C) groups is 1. The van der Waals surface area contributed by atoms with Crippen LogP contribution in [0.5, 0.6) is 0 Å². The molecule has 0 spiro atoms. The van der Waals surface area contributed by atoms with Gasteiger partial charge in [0.1, 0.15) is 0 Å². The molecule has 0 aromatic heterocycles. The maximum absolute atomic E-state index is 4.62. The molecule has 0 radical (unpaired) electrons. The van der Waals surface area contributed by atoms with Crippen LogP contribution in [0.1, 0.15) is 38.2 Å². The van der Waals surface area contributed by atoms with E-state index in [9.17, 15) is 0 Å². The summed E-state index contributed by atoms with van der Waals surface area (Å²) in [6.07, 6.45) is 5.35. The van der Waals surface area contributed by atoms with Gasteiger partial charge in [0.2, 0.25) is 0 Å². The molecule has 6 heteroatoms. The molecule has 0 bridgehead atoms. The summed E-state index contributed by atoms with van der Waals surface area (Å²) >= 11 is 1.87. The highest BCUT2D eigenvalue weighted by Crippen LogP contribution is 2.24. The molecule has 3 nitrogen and oxygen atoms in total. The molecular formula is C17H27Cl2N3S. The van der Waals surface area contributed by atoms with Gasteiger partial charge in [-0.1, -0.05) is 30.0 Å². The van der Waals surface area contributed by atoms with Gasteiger partial charge in [-0.25, -0.2) is 0 Å². The number of hydrogen-bond donors (Lipinski definition) is 1. The van der Waals surface area contributed by atoms with Crippen molar-refractivity contribution in [1.29, 1.82) is 0 Å². The van der Waals surface area contributed by atoms with E-state index in [0.717, 1.165) is 23.5 Å². The molecule has 1 fully saturated rings. The van der Waals surface area contributed by atoms with Crippen LogP contribution in [0.25, 0.3) is 0 Å². The molecule has 1 unspecified atom stereocenters. The maximum atomic E-state index is 4.62. The first-order valence-corrected chi connectivity index (χ1v) is 9.08. The van der Waals surface area contributed by atoms with Crippen LogP contribution in [-0.2, 0) is 6.54 Å². The molecule has 1 aromatic carbocycles. The quantitative estimate of drug-likeness (QED) is 0.748. The Bertz CT molecular complexity index is 504. The van der Waals surface area contributed by atoms with Crippen molar-refractivity contribution in [3.63, 3.8) is 0 Å². The molecule has 0 amide bonds. The van der Waals surface area contributed by atoms with Crippen molar-refractivity contribution in [2.24, 2.45) is 4.99 Å². The lowest BCUT2D eigenvalue weighted by Crippen LogP contribution is -2.30. The molecule has 3 rings (SSSR count). The minimum Gasteiger partial charge on any atom is -0.335 e. The summed E-state index contributed by atoms with van der Waals surface area (Å²) in [4.78, 5) is 7.26. The van der Waals surface area contributed by atoms with Crippen LogP contribution >= 0.6 is 36.6 Å². The molecule has 0 aliphatic carbocycles. The van der Waals surface area contributed by atoms with Crippen molar-refractivity contribution < 1.29 is 0 Å². The third-order valence-corrected chi connectivity index (χ3v) is 5.42. The molecule has 2 heterocycles. The fraction of sp³-hybridized carbons (Fsp3) is 0.588. The maximum Gasteiger partial charge on any atom is 0.161 e. The normalized spacial score (nSPS) is 18.0. The van der Waals surface area contributed by atoms with Crippen molar-refractivity contribution in [3.8, 4) is 0 Å². The van der Waals surface area contributed by atoms with Crippen LogP contribution in [0.2, 0.25) is 0 Å². The van der Waals surface area contributed by atoms with Crippen molar-refractivity contribution in [2.45, 2.75) is 45.2 Å². The van der Waals surface area contributed by atoms with Crippen LogP contribution in [0.4, 0.5) is 5.69 Å². The van der Waals surface area contributed by atoms with E-state index < -0.39 is 0 Å². The summed E-state index contributed by atoms with van der Waals surface area (Å²) in [5, 5.41) is 4.53. The van der Waals surface area contributed by atoms with Crippen LogP contribution in [0, 0.1) is 0 Å². The van der Waals surface area contributed by atoms with E-state index in [1.165, 1.54) is 50.0 Å². The summed E-state index contributed by atoms with van der Waals surface area (Å²) in [7, 11) is 0. The lowest BCUT2D eigenvalue weighted by Gasteiger charge is -2.23. The van der Waals surface area contributed by atoms with Crippen molar-refractivity contribution >= 4 is 47.4 Å². The SMILES string of the molecule is CC(CCCSC1=NCc2ccccc2N1)N1CCCC1.Cl.Cl. The Labute approximate surface area is 156 Å². The van der Waals surface area contributed by atoms with Crippen molar-refractivity contribution in [1.82, 2.24) is 4.90 Å². The number of halogens is 2. The smallest absolute Gasteiger partial charge is 0.161 e. The number of rotatable bonds is 5. The molecule has 0 saturated carbocycles. The molecular weight excluding hydrogens is 349 g/mol. The van der Waals surface area contributed by atoms with Gasteiger partial charge in [0.25, 0.3) is 0 Å². The topological polar surface area (TPSA) is 27.6 Å². The Kier molecular flexibility index (Phi) is 9.37. The summed E-state index contributed by atoms with van der Waals surface area (Å²) in [5.74, 6) is 1.16. The number of anilines is 1. The third kappa shape index (κ3) is 5.86. The minimum absolute atomic E-state index is 0. The monoisotopic (exact) mass is 375 g/mol. The summed E-state index contributed by atoms with van der Waals surface area (Å²) in [6.45, 7) is 5.80. The van der Waals surface area contributed by atoms with Gasteiger partial charge < -0.3 is 10.2 Å². The number of nitrogens with zero attached hydrogens (tertiary/aromatic N) is 2. The molecule has 2 aliphatic heterocycles. The lowest BCUT2D eigenvalue weighted by molar-refractivity contribution is 0.246. The molecule has 1 saturated heterocycles. The van der Waals surface area contributed by atoms with Crippen molar-refractivity contribution in [3.05, 3.63) is 29.8 Å². The Morgan fingerprint density at radius 1 is 1.22 bits per heavy atom. The summed E-state index contributed by atoms with van der Waals surface area (Å²) in [5.41, 5.74) is 2.52. The zero-order valence-electron chi connectivity index (χ0n) is 13.7. The van der Waals surface area contributed by atoms with Gasteiger partial charge >= 0.3 is 0 Å². The Morgan fingerprint density at radius 3 is 2.74 bits per heavy atom. The largest absolute Gasteiger partial charge is 0.335 e. The number of fused-ring (bicyclic) bond motifs is 1. The second kappa shape index (κ2) is 10.4. The first-order chi connectivity index (χ1) is 10.3. The minimum atomic E-state index is 0. The Balaban J connectivity index is 0.00000132. The highest BCUT2D eigenvalue weighted by Gasteiger charge is 2.17. The number of nitrogens with one attached hydrogen (secondary N) is 1. The molecule has 1 N–H and O–H groups in total. The van der Waals surface area contributed by atoms with E-state index in [1.807, 2.05) is 11.8 Å². The molecule has 23 heavy (non-hydrogen) atoms. The highest BCUT2D eigenvalue weighted by molar-refractivity contribution is 8.14. The van der Waals surface area contributed by atoms with E-state index in [4.69, 9.17) is 0 Å². The number of benzene rings is 1. The molecule has 1 aromatic rings. The number of para-hydroxylation sites is 1. The standard InChI is InChI=1S/C17H25N3S.2ClH/c1-14(20-10-4-5-11-20)7-6-12-21-17-18-13-15-8-2-3-9-16(15)19-17;;/h2-3,8-9,14H,4-7,10-13H2,1H3,(H,18,19);2*1H. The Morgan fingerprint density at radius 2 is 1.96 bits per heavy atom. The first-order valence-electron chi connectivity index (χ1n) is 8.09. The number of thioether (sulfide) groups is 1. The van der Waals surface area contributed by atoms with Crippen LogP contribution in [-0.4, -0.2) is 35.0 Å². The van der Waals surface area contributed by atoms with Crippen molar-refractivity contribution in [2.75, 3.05) is 24.2 Å². The van der Waals surface area contributed by atoms with E-state index in [2.05, 4.69) is 46.4 Å². The number of amidine groups is 1. The van der Waals surface area contributed by atoms with Gasteiger partial charge in [-0.3, -0.25) is 4.99 Å². The third-order valence-electron chi connectivity index (χ3n) is 4.42. The van der Waals surface area contributed by atoms with Gasteiger partial charge in [0.05, 0.1) is 6.54 Å². The predicted octanol–water partition coefficient (Wildman–Crippen LogP) is 4.81. The zero-order valence-corrected chi connectivity index (χ0v) is 16.1. The second-order valence-electron chi connectivity index (χ2n) is 5.99.